The van der Waals surface area contributed by atoms with Gasteiger partial charge in [-0.15, -0.1) is 0 Å². The van der Waals surface area contributed by atoms with Gasteiger partial charge in [-0.1, -0.05) is 0 Å². The molecule has 0 radical (unpaired) electrons. The van der Waals surface area contributed by atoms with Gasteiger partial charge in [0.25, 0.3) is 5.91 Å². The van der Waals surface area contributed by atoms with Gasteiger partial charge < -0.3 is 10.5 Å². The first-order chi connectivity index (χ1) is 5.59. The summed E-state index contributed by atoms with van der Waals surface area (Å²) in [6, 6.07) is 0. The third kappa shape index (κ3) is 1.98. The molecule has 0 saturated heterocycles. The number of rotatable bonds is 3. The number of hydrogen-bond donors (Lipinski definition) is 1. The SMILES string of the molecule is CC(Oc1cnn(C)c1)C(N)=O. The van der Waals surface area contributed by atoms with Crippen molar-refractivity contribution in [2.24, 2.45) is 12.8 Å². The topological polar surface area (TPSA) is 70.1 Å². The smallest absolute Gasteiger partial charge is 0.258 e. The second kappa shape index (κ2) is 3.25. The molecule has 0 aromatic carbocycles. The minimum atomic E-state index is -0.616. The van der Waals surface area contributed by atoms with Crippen LogP contribution in [0, 0.1) is 0 Å². The largest absolute Gasteiger partial charge is 0.478 e. The Balaban J connectivity index is 2.58. The molecular formula is C7H11N3O2. The van der Waals surface area contributed by atoms with Gasteiger partial charge in [0.05, 0.1) is 12.4 Å². The van der Waals surface area contributed by atoms with E-state index in [1.165, 1.54) is 6.20 Å². The van der Waals surface area contributed by atoms with E-state index in [1.807, 2.05) is 0 Å². The summed E-state index contributed by atoms with van der Waals surface area (Å²) in [4.78, 5) is 10.6. The molecule has 2 N–H and O–H groups in total. The normalized spacial score (nSPS) is 12.5. The Morgan fingerprint density at radius 1 is 1.83 bits per heavy atom. The lowest BCUT2D eigenvalue weighted by Crippen LogP contribution is -2.30. The number of aromatic nitrogens is 2. The third-order valence-electron chi connectivity index (χ3n) is 1.39. The summed E-state index contributed by atoms with van der Waals surface area (Å²) in [5, 5.41) is 3.87. The number of amides is 1. The van der Waals surface area contributed by atoms with Crippen LogP contribution in [0.25, 0.3) is 0 Å². The zero-order valence-corrected chi connectivity index (χ0v) is 7.02. The zero-order chi connectivity index (χ0) is 9.14. The maximum absolute atomic E-state index is 10.6. The molecule has 1 unspecified atom stereocenters. The van der Waals surface area contributed by atoms with Crippen molar-refractivity contribution in [2.75, 3.05) is 0 Å². The minimum Gasteiger partial charge on any atom is -0.478 e. The molecule has 12 heavy (non-hydrogen) atoms. The third-order valence-corrected chi connectivity index (χ3v) is 1.39. The molecule has 1 aromatic rings. The van der Waals surface area contributed by atoms with E-state index in [4.69, 9.17) is 10.5 Å². The summed E-state index contributed by atoms with van der Waals surface area (Å²) in [5.41, 5.74) is 5.00. The highest BCUT2D eigenvalue weighted by molar-refractivity contribution is 5.78. The van der Waals surface area contributed by atoms with E-state index < -0.39 is 12.0 Å². The molecule has 0 spiro atoms. The van der Waals surface area contributed by atoms with Crippen molar-refractivity contribution in [1.29, 1.82) is 0 Å². The highest BCUT2D eigenvalue weighted by atomic mass is 16.5. The summed E-state index contributed by atoms with van der Waals surface area (Å²) in [6.45, 7) is 1.59. The predicted octanol–water partition coefficient (Wildman–Crippen LogP) is -0.327. The average Bonchev–Trinajstić information content (AvgIpc) is 2.35. The highest BCUT2D eigenvalue weighted by Crippen LogP contribution is 2.08. The summed E-state index contributed by atoms with van der Waals surface area (Å²) in [5.74, 6) is 0.0580. The van der Waals surface area contributed by atoms with Crippen LogP contribution in [-0.2, 0) is 11.8 Å². The van der Waals surface area contributed by atoms with Crippen LogP contribution in [-0.4, -0.2) is 21.8 Å². The Hall–Kier alpha value is -1.52. The van der Waals surface area contributed by atoms with Crippen molar-refractivity contribution >= 4 is 5.91 Å². The highest BCUT2D eigenvalue weighted by Gasteiger charge is 2.10. The number of aryl methyl sites for hydroxylation is 1. The zero-order valence-electron chi connectivity index (χ0n) is 7.02. The standard InChI is InChI=1S/C7H11N3O2/c1-5(7(8)11)12-6-3-9-10(2)4-6/h3-5H,1-2H3,(H2,8,11). The molecule has 1 aromatic heterocycles. The monoisotopic (exact) mass is 169 g/mol. The van der Waals surface area contributed by atoms with E-state index in [0.717, 1.165) is 0 Å². The van der Waals surface area contributed by atoms with Crippen molar-refractivity contribution in [3.05, 3.63) is 12.4 Å². The van der Waals surface area contributed by atoms with Crippen LogP contribution in [0.1, 0.15) is 6.92 Å². The van der Waals surface area contributed by atoms with Crippen molar-refractivity contribution in [3.8, 4) is 5.75 Å². The Labute approximate surface area is 70.1 Å². The van der Waals surface area contributed by atoms with Crippen LogP contribution in [0.3, 0.4) is 0 Å². The summed E-state index contributed by atoms with van der Waals surface area (Å²) in [6.07, 6.45) is 2.58. The van der Waals surface area contributed by atoms with Gasteiger partial charge in [-0.25, -0.2) is 0 Å². The quantitative estimate of drug-likeness (QED) is 0.673. The molecule has 0 saturated carbocycles. The van der Waals surface area contributed by atoms with Gasteiger partial charge in [-0.2, -0.15) is 5.10 Å². The van der Waals surface area contributed by atoms with E-state index in [-0.39, 0.29) is 0 Å². The van der Waals surface area contributed by atoms with Crippen LogP contribution in [0.15, 0.2) is 12.4 Å². The molecule has 1 heterocycles. The van der Waals surface area contributed by atoms with E-state index >= 15 is 0 Å². The van der Waals surface area contributed by atoms with Crippen molar-refractivity contribution < 1.29 is 9.53 Å². The van der Waals surface area contributed by atoms with Crippen LogP contribution in [0.2, 0.25) is 0 Å². The first kappa shape index (κ1) is 8.58. The Kier molecular flexibility index (Phi) is 2.32. The van der Waals surface area contributed by atoms with E-state index in [1.54, 1.807) is 24.9 Å². The lowest BCUT2D eigenvalue weighted by molar-refractivity contribution is -0.123. The number of carbonyl (C=O) groups excluding carboxylic acids is 1. The van der Waals surface area contributed by atoms with Crippen molar-refractivity contribution in [2.45, 2.75) is 13.0 Å². The maximum atomic E-state index is 10.6. The van der Waals surface area contributed by atoms with Crippen LogP contribution in [0.5, 0.6) is 5.75 Å². The predicted molar refractivity (Wildman–Crippen MR) is 42.5 cm³/mol. The second-order valence-corrected chi connectivity index (χ2v) is 2.51. The average molecular weight is 169 g/mol. The van der Waals surface area contributed by atoms with Gasteiger partial charge in [0, 0.05) is 7.05 Å². The van der Waals surface area contributed by atoms with Gasteiger partial charge in [0.2, 0.25) is 0 Å². The van der Waals surface area contributed by atoms with Crippen molar-refractivity contribution in [3.63, 3.8) is 0 Å². The number of ether oxygens (including phenoxy) is 1. The molecule has 66 valence electrons. The Morgan fingerprint density at radius 2 is 2.50 bits per heavy atom. The minimum absolute atomic E-state index is 0.487. The Bertz CT molecular complexity index is 282. The molecule has 0 bridgehead atoms. The molecule has 1 rings (SSSR count). The first-order valence-corrected chi connectivity index (χ1v) is 3.54. The number of carbonyl (C=O) groups is 1. The van der Waals surface area contributed by atoms with Gasteiger partial charge in [-0.05, 0) is 6.92 Å². The fraction of sp³-hybridized carbons (Fsp3) is 0.429. The summed E-state index contributed by atoms with van der Waals surface area (Å²) in [7, 11) is 1.77. The molecule has 1 amide bonds. The van der Waals surface area contributed by atoms with E-state index in [2.05, 4.69) is 5.10 Å². The molecule has 0 aliphatic heterocycles. The molecule has 0 aliphatic rings. The number of hydrogen-bond acceptors (Lipinski definition) is 3. The van der Waals surface area contributed by atoms with E-state index in [9.17, 15) is 4.79 Å². The summed E-state index contributed by atoms with van der Waals surface area (Å²) >= 11 is 0. The van der Waals surface area contributed by atoms with E-state index in [0.29, 0.717) is 5.75 Å². The fourth-order valence-corrected chi connectivity index (χ4v) is 0.722. The second-order valence-electron chi connectivity index (χ2n) is 2.51. The number of primary amides is 1. The molecule has 0 fully saturated rings. The van der Waals surface area contributed by atoms with Crippen molar-refractivity contribution in [1.82, 2.24) is 9.78 Å². The fourth-order valence-electron chi connectivity index (χ4n) is 0.722. The molecular weight excluding hydrogens is 158 g/mol. The van der Waals surface area contributed by atoms with Gasteiger partial charge in [0.15, 0.2) is 11.9 Å². The summed E-state index contributed by atoms with van der Waals surface area (Å²) < 4.78 is 6.73. The number of nitrogens with zero attached hydrogens (tertiary/aromatic N) is 2. The van der Waals surface area contributed by atoms with Gasteiger partial charge >= 0.3 is 0 Å². The van der Waals surface area contributed by atoms with Crippen LogP contribution >= 0.6 is 0 Å². The molecule has 5 heteroatoms. The lowest BCUT2D eigenvalue weighted by atomic mass is 10.4. The molecule has 1 atom stereocenters. The molecule has 5 nitrogen and oxygen atoms in total. The molecule has 0 aliphatic carbocycles. The van der Waals surface area contributed by atoms with Gasteiger partial charge in [0.1, 0.15) is 0 Å². The lowest BCUT2D eigenvalue weighted by Gasteiger charge is -2.07. The maximum Gasteiger partial charge on any atom is 0.258 e. The first-order valence-electron chi connectivity index (χ1n) is 3.54. The number of nitrogens with two attached hydrogens (primary N) is 1. The van der Waals surface area contributed by atoms with Crippen LogP contribution < -0.4 is 10.5 Å². The van der Waals surface area contributed by atoms with Gasteiger partial charge in [-0.3, -0.25) is 9.48 Å². The Morgan fingerprint density at radius 3 is 2.92 bits per heavy atom. The van der Waals surface area contributed by atoms with Crippen LogP contribution in [0.4, 0.5) is 0 Å².